The minimum absolute atomic E-state index is 0. The van der Waals surface area contributed by atoms with Gasteiger partial charge in [0.1, 0.15) is 0 Å². The zero-order valence-corrected chi connectivity index (χ0v) is 20.0. The number of aliphatic hydroxyl groups is 1. The molecule has 1 aromatic rings. The molecule has 3 N–H and O–H groups in total. The molecule has 2 heterocycles. The molecule has 0 aliphatic carbocycles. The maximum Gasteiger partial charge on any atom is 0.191 e. The normalized spacial score (nSPS) is 17.7. The number of β-amino-alcohol motifs (C(OH)–C–C–N with tert-alkyl or cyclic N) is 1. The molecular weight excluding hydrogens is 471 g/mol. The standard InChI is InChI=1S/C19H36N6O2.HI/c1-5-20-18(21-7-6-8-25-17(3)13-16(2)23-25)22-14-19(4,26)15-24-9-11-27-12-10-24;/h13,26H,5-12,14-15H2,1-4H3,(H2,20,21,22);1H. The maximum absolute atomic E-state index is 10.7. The average Bonchev–Trinajstić information content (AvgIpc) is 2.94. The topological polar surface area (TPSA) is 86.9 Å². The van der Waals surface area contributed by atoms with Gasteiger partial charge >= 0.3 is 0 Å². The fourth-order valence-electron chi connectivity index (χ4n) is 3.22. The first-order valence-electron chi connectivity index (χ1n) is 9.95. The lowest BCUT2D eigenvalue weighted by atomic mass is 10.1. The lowest BCUT2D eigenvalue weighted by molar-refractivity contribution is -0.0179. The van der Waals surface area contributed by atoms with Crippen molar-refractivity contribution < 1.29 is 9.84 Å². The molecule has 1 aliphatic heterocycles. The Balaban J connectivity index is 0.00000392. The van der Waals surface area contributed by atoms with Crippen molar-refractivity contribution in [1.82, 2.24) is 25.3 Å². The molecule has 1 atom stereocenters. The maximum atomic E-state index is 10.7. The number of nitrogens with one attached hydrogen (secondary N) is 2. The largest absolute Gasteiger partial charge is 0.387 e. The molecule has 9 heteroatoms. The third-order valence-electron chi connectivity index (χ3n) is 4.53. The van der Waals surface area contributed by atoms with Crippen LogP contribution >= 0.6 is 24.0 Å². The lowest BCUT2D eigenvalue weighted by Crippen LogP contribution is -2.48. The van der Waals surface area contributed by atoms with Crippen molar-refractivity contribution in [3.05, 3.63) is 17.5 Å². The van der Waals surface area contributed by atoms with Crippen LogP contribution in [0.4, 0.5) is 0 Å². The number of aromatic nitrogens is 2. The fraction of sp³-hybridized carbons (Fsp3) is 0.789. The monoisotopic (exact) mass is 508 g/mol. The van der Waals surface area contributed by atoms with E-state index in [0.717, 1.165) is 64.0 Å². The van der Waals surface area contributed by atoms with Gasteiger partial charge in [0.25, 0.3) is 0 Å². The summed E-state index contributed by atoms with van der Waals surface area (Å²) >= 11 is 0. The van der Waals surface area contributed by atoms with Crippen LogP contribution in [-0.2, 0) is 11.3 Å². The lowest BCUT2D eigenvalue weighted by Gasteiger charge is -2.33. The summed E-state index contributed by atoms with van der Waals surface area (Å²) in [6, 6.07) is 2.09. The Morgan fingerprint density at radius 3 is 2.64 bits per heavy atom. The molecule has 2 rings (SSSR count). The molecule has 1 aliphatic rings. The van der Waals surface area contributed by atoms with Crippen LogP contribution in [-0.4, -0.2) is 83.8 Å². The summed E-state index contributed by atoms with van der Waals surface area (Å²) in [4.78, 5) is 6.81. The van der Waals surface area contributed by atoms with Crippen molar-refractivity contribution in [1.29, 1.82) is 0 Å². The van der Waals surface area contributed by atoms with E-state index in [1.807, 2.05) is 25.5 Å². The average molecular weight is 508 g/mol. The highest BCUT2D eigenvalue weighted by atomic mass is 127. The molecule has 0 radical (unpaired) electrons. The summed E-state index contributed by atoms with van der Waals surface area (Å²) in [5.41, 5.74) is 1.38. The first-order valence-corrected chi connectivity index (χ1v) is 9.95. The summed E-state index contributed by atoms with van der Waals surface area (Å²) in [7, 11) is 0. The predicted molar refractivity (Wildman–Crippen MR) is 124 cm³/mol. The van der Waals surface area contributed by atoms with E-state index in [-0.39, 0.29) is 24.0 Å². The molecule has 0 amide bonds. The molecule has 1 saturated heterocycles. The van der Waals surface area contributed by atoms with Crippen LogP contribution in [0.3, 0.4) is 0 Å². The van der Waals surface area contributed by atoms with Crippen molar-refractivity contribution in [3.63, 3.8) is 0 Å². The summed E-state index contributed by atoms with van der Waals surface area (Å²) in [5.74, 6) is 0.744. The highest BCUT2D eigenvalue weighted by Crippen LogP contribution is 2.09. The van der Waals surface area contributed by atoms with Gasteiger partial charge in [-0.1, -0.05) is 0 Å². The van der Waals surface area contributed by atoms with Gasteiger partial charge in [-0.15, -0.1) is 24.0 Å². The first-order chi connectivity index (χ1) is 12.9. The SMILES string of the molecule is CCNC(=NCC(C)(O)CN1CCOCC1)NCCCn1nc(C)cc1C.I. The van der Waals surface area contributed by atoms with E-state index in [4.69, 9.17) is 4.74 Å². The van der Waals surface area contributed by atoms with Crippen LogP contribution < -0.4 is 10.6 Å². The highest BCUT2D eigenvalue weighted by Gasteiger charge is 2.25. The zero-order valence-electron chi connectivity index (χ0n) is 17.7. The summed E-state index contributed by atoms with van der Waals surface area (Å²) in [5, 5.41) is 21.8. The molecule has 8 nitrogen and oxygen atoms in total. The Morgan fingerprint density at radius 1 is 1.32 bits per heavy atom. The van der Waals surface area contributed by atoms with E-state index in [1.165, 1.54) is 5.69 Å². The number of halogens is 1. The number of guanidine groups is 1. The summed E-state index contributed by atoms with van der Waals surface area (Å²) in [6.07, 6.45) is 0.955. The van der Waals surface area contributed by atoms with Crippen molar-refractivity contribution >= 4 is 29.9 Å². The molecule has 1 fully saturated rings. The third kappa shape index (κ3) is 9.06. The zero-order chi connectivity index (χ0) is 19.7. The number of ether oxygens (including phenoxy) is 1. The molecule has 0 spiro atoms. The van der Waals surface area contributed by atoms with Crippen molar-refractivity contribution in [2.75, 3.05) is 52.5 Å². The molecule has 0 bridgehead atoms. The van der Waals surface area contributed by atoms with Gasteiger partial charge in [0.15, 0.2) is 5.96 Å². The number of hydrogen-bond acceptors (Lipinski definition) is 5. The molecule has 1 unspecified atom stereocenters. The molecule has 28 heavy (non-hydrogen) atoms. The van der Waals surface area contributed by atoms with Gasteiger partial charge in [0.2, 0.25) is 0 Å². The van der Waals surface area contributed by atoms with Gasteiger partial charge in [-0.25, -0.2) is 0 Å². The van der Waals surface area contributed by atoms with Crippen LogP contribution in [0.25, 0.3) is 0 Å². The highest BCUT2D eigenvalue weighted by molar-refractivity contribution is 14.0. The number of nitrogens with zero attached hydrogens (tertiary/aromatic N) is 4. The van der Waals surface area contributed by atoms with Crippen LogP contribution in [0, 0.1) is 13.8 Å². The van der Waals surface area contributed by atoms with Gasteiger partial charge in [-0.3, -0.25) is 14.6 Å². The number of morpholine rings is 1. The van der Waals surface area contributed by atoms with E-state index in [9.17, 15) is 5.11 Å². The second kappa shape index (κ2) is 12.6. The number of rotatable bonds is 9. The Morgan fingerprint density at radius 2 is 2.04 bits per heavy atom. The van der Waals surface area contributed by atoms with Crippen LogP contribution in [0.5, 0.6) is 0 Å². The molecule has 162 valence electrons. The van der Waals surface area contributed by atoms with E-state index in [0.29, 0.717) is 13.1 Å². The smallest absolute Gasteiger partial charge is 0.191 e. The predicted octanol–water partition coefficient (Wildman–Crippen LogP) is 1.15. The van der Waals surface area contributed by atoms with Gasteiger partial charge in [-0.05, 0) is 40.2 Å². The van der Waals surface area contributed by atoms with Crippen LogP contribution in [0.15, 0.2) is 11.1 Å². The van der Waals surface area contributed by atoms with Gasteiger partial charge in [0, 0.05) is 45.0 Å². The molecular formula is C19H37IN6O2. The van der Waals surface area contributed by atoms with Crippen molar-refractivity contribution in [2.24, 2.45) is 4.99 Å². The van der Waals surface area contributed by atoms with Crippen LogP contribution in [0.2, 0.25) is 0 Å². The first kappa shape index (κ1) is 25.1. The quantitative estimate of drug-likeness (QED) is 0.201. The van der Waals surface area contributed by atoms with Crippen molar-refractivity contribution in [3.8, 4) is 0 Å². The Labute approximate surface area is 186 Å². The Kier molecular flexibility index (Phi) is 11.3. The Bertz CT molecular complexity index is 599. The minimum atomic E-state index is -0.858. The van der Waals surface area contributed by atoms with Gasteiger partial charge in [-0.2, -0.15) is 5.10 Å². The second-order valence-corrected chi connectivity index (χ2v) is 7.51. The summed E-state index contributed by atoms with van der Waals surface area (Å²) in [6.45, 7) is 14.6. The molecule has 1 aromatic heterocycles. The molecule has 0 saturated carbocycles. The van der Waals surface area contributed by atoms with Gasteiger partial charge < -0.3 is 20.5 Å². The number of hydrogen-bond donors (Lipinski definition) is 3. The van der Waals surface area contributed by atoms with E-state index >= 15 is 0 Å². The number of aliphatic imine (C=N–C) groups is 1. The Hall–Kier alpha value is -0.910. The van der Waals surface area contributed by atoms with E-state index in [1.54, 1.807) is 0 Å². The van der Waals surface area contributed by atoms with E-state index < -0.39 is 5.60 Å². The fourth-order valence-corrected chi connectivity index (χ4v) is 3.22. The summed E-state index contributed by atoms with van der Waals surface area (Å²) < 4.78 is 7.40. The second-order valence-electron chi connectivity index (χ2n) is 7.51. The third-order valence-corrected chi connectivity index (χ3v) is 4.53. The molecule has 0 aromatic carbocycles. The van der Waals surface area contributed by atoms with Crippen LogP contribution in [0.1, 0.15) is 31.7 Å². The van der Waals surface area contributed by atoms with E-state index in [2.05, 4.69) is 38.6 Å². The minimum Gasteiger partial charge on any atom is -0.387 e. The van der Waals surface area contributed by atoms with Crippen molar-refractivity contribution in [2.45, 2.75) is 46.3 Å². The van der Waals surface area contributed by atoms with Gasteiger partial charge in [0.05, 0.1) is 31.1 Å². The number of aryl methyl sites for hydroxylation is 3.